The lowest BCUT2D eigenvalue weighted by atomic mass is 10.0. The van der Waals surface area contributed by atoms with E-state index in [2.05, 4.69) is 29.2 Å². The van der Waals surface area contributed by atoms with Gasteiger partial charge in [0.15, 0.2) is 0 Å². The predicted molar refractivity (Wildman–Crippen MR) is 108 cm³/mol. The molecular formula is C23H35NO3. The van der Waals surface area contributed by atoms with Crippen molar-refractivity contribution in [2.45, 2.75) is 65.0 Å². The quantitative estimate of drug-likeness (QED) is 0.505. The van der Waals surface area contributed by atoms with Crippen LogP contribution in [0.1, 0.15) is 57.6 Å². The van der Waals surface area contributed by atoms with Crippen LogP contribution < -0.4 is 0 Å². The Labute approximate surface area is 164 Å². The van der Waals surface area contributed by atoms with Crippen molar-refractivity contribution in [2.24, 2.45) is 11.8 Å². The zero-order valence-corrected chi connectivity index (χ0v) is 17.2. The Hall–Kier alpha value is -1.39. The molecule has 1 saturated carbocycles. The van der Waals surface area contributed by atoms with Gasteiger partial charge in [0.2, 0.25) is 0 Å². The molecule has 3 rings (SSSR count). The first kappa shape index (κ1) is 20.3. The number of ether oxygens (including phenoxy) is 2. The van der Waals surface area contributed by atoms with E-state index >= 15 is 0 Å². The third kappa shape index (κ3) is 6.62. The highest BCUT2D eigenvalue weighted by molar-refractivity contribution is 5.69. The average molecular weight is 374 g/mol. The van der Waals surface area contributed by atoms with Crippen molar-refractivity contribution in [1.82, 2.24) is 4.90 Å². The predicted octanol–water partition coefficient (Wildman–Crippen LogP) is 4.21. The van der Waals surface area contributed by atoms with Crippen LogP contribution in [0.5, 0.6) is 0 Å². The monoisotopic (exact) mass is 373 g/mol. The van der Waals surface area contributed by atoms with Gasteiger partial charge >= 0.3 is 5.97 Å². The largest absolute Gasteiger partial charge is 0.460 e. The van der Waals surface area contributed by atoms with Crippen molar-refractivity contribution in [3.63, 3.8) is 0 Å². The number of fused-ring (bicyclic) bond motifs is 1. The average Bonchev–Trinajstić information content (AvgIpc) is 3.14. The fourth-order valence-electron chi connectivity index (χ4n) is 4.44. The molecule has 1 heterocycles. The van der Waals surface area contributed by atoms with Crippen molar-refractivity contribution in [3.8, 4) is 0 Å². The maximum absolute atomic E-state index is 11.7. The fourth-order valence-corrected chi connectivity index (χ4v) is 4.44. The Balaban J connectivity index is 1.35. The van der Waals surface area contributed by atoms with Gasteiger partial charge < -0.3 is 9.47 Å². The third-order valence-electron chi connectivity index (χ3n) is 5.61. The van der Waals surface area contributed by atoms with Crippen molar-refractivity contribution < 1.29 is 14.3 Å². The molecule has 0 radical (unpaired) electrons. The first-order chi connectivity index (χ1) is 12.9. The molecule has 2 aliphatic rings. The van der Waals surface area contributed by atoms with Crippen LogP contribution in [-0.2, 0) is 27.2 Å². The zero-order chi connectivity index (χ0) is 19.3. The van der Waals surface area contributed by atoms with E-state index in [0.717, 1.165) is 24.8 Å². The molecule has 27 heavy (non-hydrogen) atoms. The normalized spacial score (nSPS) is 22.8. The smallest absolute Gasteiger partial charge is 0.308 e. The summed E-state index contributed by atoms with van der Waals surface area (Å²) in [7, 11) is 0. The number of carbonyl (C=O) groups is 1. The summed E-state index contributed by atoms with van der Waals surface area (Å²) in [6, 6.07) is 8.87. The summed E-state index contributed by atoms with van der Waals surface area (Å²) in [5.74, 6) is 1.71. The topological polar surface area (TPSA) is 38.8 Å². The zero-order valence-electron chi connectivity index (χ0n) is 17.2. The number of rotatable bonds is 8. The van der Waals surface area contributed by atoms with Crippen molar-refractivity contribution >= 4 is 5.97 Å². The van der Waals surface area contributed by atoms with Crippen LogP contribution in [0, 0.1) is 11.8 Å². The van der Waals surface area contributed by atoms with Gasteiger partial charge in [0.1, 0.15) is 5.60 Å². The molecule has 0 bridgehead atoms. The lowest BCUT2D eigenvalue weighted by Crippen LogP contribution is -2.24. The van der Waals surface area contributed by atoms with E-state index in [1.807, 2.05) is 20.8 Å². The summed E-state index contributed by atoms with van der Waals surface area (Å²) in [4.78, 5) is 14.3. The first-order valence-corrected chi connectivity index (χ1v) is 10.5. The molecule has 0 aromatic heterocycles. The Morgan fingerprint density at radius 3 is 2.52 bits per heavy atom. The van der Waals surface area contributed by atoms with E-state index in [4.69, 9.17) is 9.47 Å². The van der Waals surface area contributed by atoms with Crippen molar-refractivity contribution in [2.75, 3.05) is 26.3 Å². The number of hydrogen-bond acceptors (Lipinski definition) is 4. The van der Waals surface area contributed by atoms with E-state index in [9.17, 15) is 4.79 Å². The van der Waals surface area contributed by atoms with E-state index in [-0.39, 0.29) is 5.97 Å². The maximum atomic E-state index is 11.7. The van der Waals surface area contributed by atoms with E-state index in [0.29, 0.717) is 19.6 Å². The summed E-state index contributed by atoms with van der Waals surface area (Å²) < 4.78 is 10.9. The second-order valence-electron chi connectivity index (χ2n) is 9.16. The van der Waals surface area contributed by atoms with Gasteiger partial charge in [0.25, 0.3) is 0 Å². The fraction of sp³-hybridized carbons (Fsp3) is 0.696. The molecule has 2 atom stereocenters. The highest BCUT2D eigenvalue weighted by atomic mass is 16.6. The van der Waals surface area contributed by atoms with Crippen LogP contribution in [0.15, 0.2) is 24.3 Å². The maximum Gasteiger partial charge on any atom is 0.308 e. The molecule has 0 N–H and O–H groups in total. The number of hydrogen-bond donors (Lipinski definition) is 0. The Bertz CT molecular complexity index is 610. The van der Waals surface area contributed by atoms with Crippen LogP contribution in [0.4, 0.5) is 0 Å². The second kappa shape index (κ2) is 9.20. The summed E-state index contributed by atoms with van der Waals surface area (Å²) >= 11 is 0. The minimum Gasteiger partial charge on any atom is -0.460 e. The molecule has 1 aliphatic carbocycles. The van der Waals surface area contributed by atoms with E-state index in [1.54, 1.807) is 0 Å². The first-order valence-electron chi connectivity index (χ1n) is 10.5. The van der Waals surface area contributed by atoms with Crippen LogP contribution in [-0.4, -0.2) is 42.8 Å². The minimum absolute atomic E-state index is 0.195. The highest BCUT2D eigenvalue weighted by Crippen LogP contribution is 2.38. The van der Waals surface area contributed by atoms with Crippen LogP contribution in [0.3, 0.4) is 0 Å². The molecule has 1 aliphatic heterocycles. The third-order valence-corrected chi connectivity index (χ3v) is 5.61. The number of esters is 1. The van der Waals surface area contributed by atoms with Crippen molar-refractivity contribution in [3.05, 3.63) is 35.4 Å². The van der Waals surface area contributed by atoms with E-state index < -0.39 is 5.60 Å². The number of benzene rings is 1. The standard InChI is InChI=1S/C23H35NO3/c1-23(2,3)27-22(25)11-13-26-12-10-18-6-4-7-19(14-18)15-24-16-20-8-5-9-21(20)17-24/h4,6-7,14,20-21H,5,8-13,15-17H2,1-3H3. The molecule has 1 aromatic carbocycles. The Morgan fingerprint density at radius 1 is 1.11 bits per heavy atom. The van der Waals surface area contributed by atoms with Gasteiger partial charge in [-0.25, -0.2) is 0 Å². The Kier molecular flexibility index (Phi) is 6.93. The van der Waals surface area contributed by atoms with Gasteiger partial charge in [-0.15, -0.1) is 0 Å². The molecule has 2 fully saturated rings. The molecule has 2 unspecified atom stereocenters. The van der Waals surface area contributed by atoms with Crippen molar-refractivity contribution in [1.29, 1.82) is 0 Å². The lowest BCUT2D eigenvalue weighted by molar-refractivity contribution is -0.156. The summed E-state index contributed by atoms with van der Waals surface area (Å²) in [6.07, 6.45) is 5.50. The summed E-state index contributed by atoms with van der Waals surface area (Å²) in [6.45, 7) is 10.3. The number of nitrogens with zero attached hydrogens (tertiary/aromatic N) is 1. The van der Waals surface area contributed by atoms with E-state index in [1.165, 1.54) is 43.5 Å². The molecule has 4 nitrogen and oxygen atoms in total. The molecule has 0 amide bonds. The lowest BCUT2D eigenvalue weighted by Gasteiger charge is -2.19. The molecule has 4 heteroatoms. The molecular weight excluding hydrogens is 338 g/mol. The highest BCUT2D eigenvalue weighted by Gasteiger charge is 2.35. The van der Waals surface area contributed by atoms with Gasteiger partial charge in [-0.2, -0.15) is 0 Å². The van der Waals surface area contributed by atoms with Gasteiger partial charge in [-0.3, -0.25) is 9.69 Å². The van der Waals surface area contributed by atoms with Crippen LogP contribution in [0.25, 0.3) is 0 Å². The SMILES string of the molecule is CC(C)(C)OC(=O)CCOCCc1cccc(CN2CC3CCCC3C2)c1. The van der Waals surface area contributed by atoms with Gasteiger partial charge in [-0.1, -0.05) is 30.7 Å². The van der Waals surface area contributed by atoms with Gasteiger partial charge in [0.05, 0.1) is 19.6 Å². The summed E-state index contributed by atoms with van der Waals surface area (Å²) in [5, 5.41) is 0. The minimum atomic E-state index is -0.425. The molecule has 150 valence electrons. The molecule has 0 spiro atoms. The molecule has 1 saturated heterocycles. The summed E-state index contributed by atoms with van der Waals surface area (Å²) in [5.41, 5.74) is 2.29. The Morgan fingerprint density at radius 2 is 1.81 bits per heavy atom. The number of carbonyl (C=O) groups excluding carboxylic acids is 1. The van der Waals surface area contributed by atoms with Crippen LogP contribution in [0.2, 0.25) is 0 Å². The van der Waals surface area contributed by atoms with Gasteiger partial charge in [0, 0.05) is 19.6 Å². The molecule has 1 aromatic rings. The second-order valence-corrected chi connectivity index (χ2v) is 9.16. The van der Waals surface area contributed by atoms with Crippen LogP contribution >= 0.6 is 0 Å². The van der Waals surface area contributed by atoms with Gasteiger partial charge in [-0.05, 0) is 63.0 Å². The number of likely N-dealkylation sites (tertiary alicyclic amines) is 1.